The molecule has 12 nitrogen and oxygen atoms in total. The van der Waals surface area contributed by atoms with Gasteiger partial charge in [-0.25, -0.2) is 9.59 Å². The molecule has 0 aromatic heterocycles. The minimum absolute atomic E-state index is 0.123. The molecule has 12 heteroatoms. The maximum atomic E-state index is 12.7. The lowest BCUT2D eigenvalue weighted by atomic mass is 9.89. The van der Waals surface area contributed by atoms with Crippen LogP contribution in [0.4, 0.5) is 0 Å². The van der Waals surface area contributed by atoms with E-state index in [-0.39, 0.29) is 63.2 Å². The lowest BCUT2D eigenvalue weighted by molar-refractivity contribution is 0.0685. The summed E-state index contributed by atoms with van der Waals surface area (Å²) in [5.41, 5.74) is 6.06. The van der Waals surface area contributed by atoms with E-state index >= 15 is 0 Å². The van der Waals surface area contributed by atoms with Gasteiger partial charge in [-0.1, -0.05) is 36.4 Å². The van der Waals surface area contributed by atoms with Gasteiger partial charge in [-0.05, 0) is 96.5 Å². The average Bonchev–Trinajstić information content (AvgIpc) is 3.20. The van der Waals surface area contributed by atoms with Crippen LogP contribution in [-0.2, 0) is 44.6 Å². The molecule has 1 aliphatic carbocycles. The number of ether oxygens (including phenoxy) is 8. The summed E-state index contributed by atoms with van der Waals surface area (Å²) in [5, 5.41) is 20.8. The summed E-state index contributed by atoms with van der Waals surface area (Å²) in [5.74, 6) is 0.186. The minimum atomic E-state index is -1.06. The highest BCUT2D eigenvalue weighted by atomic mass is 16.5. The Kier molecular flexibility index (Phi) is 17.2. The molecule has 0 heterocycles. The van der Waals surface area contributed by atoms with Crippen molar-refractivity contribution in [2.45, 2.75) is 53.4 Å². The molecule has 4 aromatic carbocycles. The Morgan fingerprint density at radius 2 is 0.655 bits per heavy atom. The van der Waals surface area contributed by atoms with Gasteiger partial charge in [-0.3, -0.25) is 0 Å². The summed E-state index contributed by atoms with van der Waals surface area (Å²) in [6.07, 6.45) is 1.08. The summed E-state index contributed by atoms with van der Waals surface area (Å²) < 4.78 is 48.6. The van der Waals surface area contributed by atoms with Gasteiger partial charge in [0.05, 0.1) is 37.6 Å². The van der Waals surface area contributed by atoms with E-state index in [1.807, 2.05) is 64.1 Å². The highest BCUT2D eigenvalue weighted by Crippen LogP contribution is 2.40. The number of rotatable bonds is 22. The highest BCUT2D eigenvalue weighted by molar-refractivity contribution is 5.89. The summed E-state index contributed by atoms with van der Waals surface area (Å²) in [7, 11) is 0. The van der Waals surface area contributed by atoms with Gasteiger partial charge in [0, 0.05) is 52.1 Å². The molecule has 2 N–H and O–H groups in total. The molecule has 1 aliphatic rings. The molecule has 5 rings (SSSR count). The molecule has 0 saturated heterocycles. The molecule has 0 saturated carbocycles. The van der Waals surface area contributed by atoms with Crippen molar-refractivity contribution < 1.29 is 57.7 Å². The molecule has 58 heavy (non-hydrogen) atoms. The van der Waals surface area contributed by atoms with Crippen LogP contribution < -0.4 is 18.9 Å². The van der Waals surface area contributed by atoms with Crippen LogP contribution in [0.2, 0.25) is 0 Å². The topological polar surface area (TPSA) is 148 Å². The van der Waals surface area contributed by atoms with Crippen molar-refractivity contribution in [3.8, 4) is 23.0 Å². The van der Waals surface area contributed by atoms with Crippen molar-refractivity contribution >= 4 is 11.9 Å². The maximum Gasteiger partial charge on any atom is 0.335 e. The Morgan fingerprint density at radius 3 is 0.879 bits per heavy atom. The Morgan fingerprint density at radius 1 is 0.414 bits per heavy atom. The van der Waals surface area contributed by atoms with Crippen molar-refractivity contribution in [1.82, 2.24) is 0 Å². The van der Waals surface area contributed by atoms with Crippen molar-refractivity contribution in [2.24, 2.45) is 0 Å². The molecule has 4 aromatic rings. The first kappa shape index (κ1) is 44.0. The first-order valence-electron chi connectivity index (χ1n) is 20.1. The Labute approximate surface area is 340 Å². The molecular weight excluding hydrogens is 744 g/mol. The second kappa shape index (κ2) is 22.7. The van der Waals surface area contributed by atoms with E-state index in [9.17, 15) is 19.8 Å². The molecule has 0 aliphatic heterocycles. The third kappa shape index (κ3) is 12.0. The van der Waals surface area contributed by atoms with Crippen LogP contribution in [0.1, 0.15) is 92.9 Å². The van der Waals surface area contributed by atoms with Gasteiger partial charge in [0.1, 0.15) is 49.4 Å². The highest BCUT2D eigenvalue weighted by Gasteiger charge is 2.25. The number of carbonyl (C=O) groups is 2. The van der Waals surface area contributed by atoms with E-state index in [2.05, 4.69) is 0 Å². The lowest BCUT2D eigenvalue weighted by Crippen LogP contribution is -2.15. The van der Waals surface area contributed by atoms with E-state index in [0.29, 0.717) is 98.1 Å². The predicted molar refractivity (Wildman–Crippen MR) is 219 cm³/mol. The Hall–Kier alpha value is -5.14. The monoisotopic (exact) mass is 800 g/mol. The van der Waals surface area contributed by atoms with Gasteiger partial charge < -0.3 is 48.1 Å². The van der Waals surface area contributed by atoms with E-state index in [1.54, 1.807) is 24.3 Å². The fourth-order valence-electron chi connectivity index (χ4n) is 7.06. The largest absolute Gasteiger partial charge is 0.491 e. The SMILES string of the molecule is CCOCCOc1c2cccc1Cc1cc(C(=O)O)cc(c1OCCOCC)Cc1cccc(c1OCCOCC)Cc1cc(C(=O)O)cc(c1OCCOCC)C2. The zero-order valence-electron chi connectivity index (χ0n) is 34.1. The summed E-state index contributed by atoms with van der Waals surface area (Å²) in [6.45, 7) is 12.2. The number of aromatic carboxylic acids is 2. The summed E-state index contributed by atoms with van der Waals surface area (Å²) >= 11 is 0. The molecule has 0 unspecified atom stereocenters. The van der Waals surface area contributed by atoms with Crippen molar-refractivity contribution in [3.63, 3.8) is 0 Å². The molecule has 0 atom stereocenters. The van der Waals surface area contributed by atoms with E-state index in [1.165, 1.54) is 0 Å². The molecule has 0 spiro atoms. The molecule has 312 valence electrons. The van der Waals surface area contributed by atoms with Crippen LogP contribution in [-0.4, -0.2) is 101 Å². The first-order valence-corrected chi connectivity index (χ1v) is 20.1. The third-order valence-corrected chi connectivity index (χ3v) is 9.57. The van der Waals surface area contributed by atoms with E-state index in [0.717, 1.165) is 22.3 Å². The van der Waals surface area contributed by atoms with Gasteiger partial charge in [0.25, 0.3) is 0 Å². The number of carboxylic acids is 2. The Bertz CT molecular complexity index is 1740. The fourth-order valence-corrected chi connectivity index (χ4v) is 7.06. The number of para-hydroxylation sites is 2. The van der Waals surface area contributed by atoms with Crippen molar-refractivity contribution in [3.05, 3.63) is 116 Å². The van der Waals surface area contributed by atoms with Gasteiger partial charge >= 0.3 is 11.9 Å². The van der Waals surface area contributed by atoms with Crippen molar-refractivity contribution in [1.29, 1.82) is 0 Å². The zero-order valence-corrected chi connectivity index (χ0v) is 34.1. The molecule has 0 radical (unpaired) electrons. The second-order valence-electron chi connectivity index (χ2n) is 13.6. The van der Waals surface area contributed by atoms with Crippen molar-refractivity contribution in [2.75, 3.05) is 79.3 Å². The summed E-state index contributed by atoms with van der Waals surface area (Å²) in [6, 6.07) is 18.3. The first-order chi connectivity index (χ1) is 28.3. The average molecular weight is 801 g/mol. The molecular formula is C46H56O12. The molecule has 0 amide bonds. The molecule has 0 fully saturated rings. The minimum Gasteiger partial charge on any atom is -0.491 e. The quantitative estimate of drug-likeness (QED) is 0.0672. The molecule has 8 bridgehead atoms. The maximum absolute atomic E-state index is 12.7. The fraction of sp³-hybridized carbons (Fsp3) is 0.435. The lowest BCUT2D eigenvalue weighted by Gasteiger charge is -2.23. The summed E-state index contributed by atoms with van der Waals surface area (Å²) in [4.78, 5) is 25.4. The van der Waals surface area contributed by atoms with Crippen LogP contribution in [0.15, 0.2) is 60.7 Å². The Balaban J connectivity index is 1.80. The second-order valence-corrected chi connectivity index (χ2v) is 13.6. The number of hydrogen-bond donors (Lipinski definition) is 2. The van der Waals surface area contributed by atoms with Crippen LogP contribution in [0, 0.1) is 0 Å². The standard InChI is InChI=1S/C46H56O12/c1-5-51-15-19-55-41-31-11-9-12-32(41)24-36-28-40(46(49)50)30-38(44(36)58-22-18-54-8-4)26-34-14-10-13-33(42(34)56-20-16-52-6-2)25-37-29-39(45(47)48)27-35(23-31)43(37)57-21-17-53-7-3/h9-14,27-30H,5-8,15-26H2,1-4H3,(H,47,48)(H,49,50). The van der Waals surface area contributed by atoms with Crippen LogP contribution in [0.5, 0.6) is 23.0 Å². The number of benzene rings is 4. The number of carboxylic acid groups (broad SMARTS) is 2. The van der Waals surface area contributed by atoms with Gasteiger partial charge in [0.2, 0.25) is 0 Å². The van der Waals surface area contributed by atoms with Crippen LogP contribution in [0.3, 0.4) is 0 Å². The van der Waals surface area contributed by atoms with Gasteiger partial charge in [-0.2, -0.15) is 0 Å². The van der Waals surface area contributed by atoms with Crippen LogP contribution >= 0.6 is 0 Å². The number of hydrogen-bond acceptors (Lipinski definition) is 10. The number of fused-ring (bicyclic) bond motifs is 8. The predicted octanol–water partition coefficient (Wildman–Crippen LogP) is 7.42. The third-order valence-electron chi connectivity index (χ3n) is 9.57. The van der Waals surface area contributed by atoms with E-state index in [4.69, 9.17) is 37.9 Å². The van der Waals surface area contributed by atoms with Gasteiger partial charge in [0.15, 0.2) is 0 Å². The smallest absolute Gasteiger partial charge is 0.335 e. The normalized spacial score (nSPS) is 12.2. The van der Waals surface area contributed by atoms with Gasteiger partial charge in [-0.15, -0.1) is 0 Å². The van der Waals surface area contributed by atoms with Crippen LogP contribution in [0.25, 0.3) is 0 Å². The zero-order chi connectivity index (χ0) is 41.3. The van der Waals surface area contributed by atoms with E-state index < -0.39 is 11.9 Å².